The number of halogens is 1. The number of Topliss-reactive ketones (excluding diaryl/α,β-unsaturated/α-hetero) is 1. The van der Waals surface area contributed by atoms with Crippen molar-refractivity contribution in [3.8, 4) is 0 Å². The van der Waals surface area contributed by atoms with Gasteiger partial charge in [-0.25, -0.2) is 0 Å². The molecule has 0 radical (unpaired) electrons. The Hall–Kier alpha value is -1.84. The molecule has 2 unspecified atom stereocenters. The van der Waals surface area contributed by atoms with E-state index >= 15 is 0 Å². The van der Waals surface area contributed by atoms with Crippen LogP contribution in [-0.4, -0.2) is 11.8 Å². The van der Waals surface area contributed by atoms with Gasteiger partial charge in [-0.3, -0.25) is 4.79 Å². The fraction of sp³-hybridized carbons (Fsp3) is 0.519. The van der Waals surface area contributed by atoms with E-state index in [9.17, 15) is 4.79 Å². The monoisotopic (exact) mass is 438 g/mol. The molecule has 4 heteroatoms. The Kier molecular flexibility index (Phi) is 8.04. The first kappa shape index (κ1) is 22.4. The molecule has 31 heavy (non-hydrogen) atoms. The molecule has 0 spiro atoms. The zero-order chi connectivity index (χ0) is 21.5. The highest BCUT2D eigenvalue weighted by molar-refractivity contribution is 6.29. The van der Waals surface area contributed by atoms with Crippen molar-refractivity contribution in [3.05, 3.63) is 70.5 Å². The summed E-state index contributed by atoms with van der Waals surface area (Å²) >= 11 is 6.27. The van der Waals surface area contributed by atoms with Gasteiger partial charge < -0.3 is 10.6 Å². The van der Waals surface area contributed by atoms with Crippen LogP contribution in [0.2, 0.25) is 0 Å². The summed E-state index contributed by atoms with van der Waals surface area (Å²) in [5.41, 5.74) is 3.64. The van der Waals surface area contributed by atoms with Gasteiger partial charge in [-0.1, -0.05) is 80.1 Å². The number of ketones is 1. The molecule has 166 valence electrons. The van der Waals surface area contributed by atoms with Crippen molar-refractivity contribution in [2.75, 3.05) is 0 Å². The Morgan fingerprint density at radius 2 is 1.58 bits per heavy atom. The standard InChI is InChI=1S/C27H35ClN2O/c28-27-13-7-6-12-25(30-27)23-10-4-5-11-24(23)29-19-21-16-14-20(15-17-21)18-26(31)22-8-2-1-3-9-22/h6-7,12-17,22-24,29-30H,1-5,8-11,18-19H2. The molecule has 2 N–H and O–H groups in total. The molecule has 0 bridgehead atoms. The summed E-state index contributed by atoms with van der Waals surface area (Å²) < 4.78 is 0. The van der Waals surface area contributed by atoms with Crippen molar-refractivity contribution in [1.82, 2.24) is 10.6 Å². The second-order valence-electron chi connectivity index (χ2n) is 9.32. The fourth-order valence-electron chi connectivity index (χ4n) is 5.28. The Morgan fingerprint density at radius 3 is 2.39 bits per heavy atom. The molecule has 0 saturated heterocycles. The maximum atomic E-state index is 12.6. The summed E-state index contributed by atoms with van der Waals surface area (Å²) in [6.45, 7) is 0.852. The molecule has 2 fully saturated rings. The lowest BCUT2D eigenvalue weighted by Gasteiger charge is -2.34. The van der Waals surface area contributed by atoms with Crippen molar-refractivity contribution in [2.24, 2.45) is 11.8 Å². The fourth-order valence-corrected chi connectivity index (χ4v) is 5.46. The van der Waals surface area contributed by atoms with Gasteiger partial charge in [-0.05, 0) is 49.0 Å². The van der Waals surface area contributed by atoms with E-state index in [1.807, 2.05) is 12.2 Å². The minimum atomic E-state index is 0.295. The largest absolute Gasteiger partial charge is 0.349 e. The third-order valence-electron chi connectivity index (χ3n) is 7.09. The third-order valence-corrected chi connectivity index (χ3v) is 7.31. The summed E-state index contributed by atoms with van der Waals surface area (Å²) in [6, 6.07) is 9.08. The Balaban J connectivity index is 1.31. The maximum absolute atomic E-state index is 12.6. The Labute approximate surface area is 192 Å². The van der Waals surface area contributed by atoms with Crippen LogP contribution in [0.1, 0.15) is 68.9 Å². The molecule has 0 aromatic heterocycles. The minimum Gasteiger partial charge on any atom is -0.349 e. The van der Waals surface area contributed by atoms with Gasteiger partial charge in [0.1, 0.15) is 10.9 Å². The first-order valence-electron chi connectivity index (χ1n) is 12.0. The summed E-state index contributed by atoms with van der Waals surface area (Å²) in [6.07, 6.45) is 19.5. The molecule has 2 saturated carbocycles. The third kappa shape index (κ3) is 6.33. The zero-order valence-corrected chi connectivity index (χ0v) is 19.2. The van der Waals surface area contributed by atoms with Crippen LogP contribution in [0.5, 0.6) is 0 Å². The van der Waals surface area contributed by atoms with Gasteiger partial charge >= 0.3 is 0 Å². The lowest BCUT2D eigenvalue weighted by Crippen LogP contribution is -2.41. The van der Waals surface area contributed by atoms with E-state index in [0.29, 0.717) is 35.2 Å². The van der Waals surface area contributed by atoms with Gasteiger partial charge in [-0.2, -0.15) is 0 Å². The molecular weight excluding hydrogens is 404 g/mol. The molecule has 2 aliphatic carbocycles. The van der Waals surface area contributed by atoms with Gasteiger partial charge in [0.2, 0.25) is 0 Å². The zero-order valence-electron chi connectivity index (χ0n) is 18.4. The topological polar surface area (TPSA) is 41.1 Å². The molecule has 1 aromatic carbocycles. The predicted molar refractivity (Wildman–Crippen MR) is 129 cm³/mol. The van der Waals surface area contributed by atoms with Crippen LogP contribution in [0, 0.1) is 11.8 Å². The number of rotatable bonds is 7. The van der Waals surface area contributed by atoms with Crippen LogP contribution in [0.3, 0.4) is 0 Å². The molecule has 1 heterocycles. The van der Waals surface area contributed by atoms with Crippen LogP contribution < -0.4 is 10.6 Å². The van der Waals surface area contributed by atoms with Crippen molar-refractivity contribution in [1.29, 1.82) is 0 Å². The summed E-state index contributed by atoms with van der Waals surface area (Å²) in [4.78, 5) is 12.6. The number of hydrogen-bond donors (Lipinski definition) is 2. The second-order valence-corrected chi connectivity index (χ2v) is 9.73. The van der Waals surface area contributed by atoms with E-state index in [2.05, 4.69) is 47.1 Å². The average molecular weight is 439 g/mol. The smallest absolute Gasteiger partial charge is 0.140 e. The first-order chi connectivity index (χ1) is 15.2. The van der Waals surface area contributed by atoms with E-state index in [1.54, 1.807) is 0 Å². The van der Waals surface area contributed by atoms with Crippen LogP contribution in [-0.2, 0) is 17.8 Å². The highest BCUT2D eigenvalue weighted by atomic mass is 35.5. The highest BCUT2D eigenvalue weighted by Crippen LogP contribution is 2.31. The van der Waals surface area contributed by atoms with Crippen molar-refractivity contribution < 1.29 is 4.79 Å². The second kappa shape index (κ2) is 11.2. The van der Waals surface area contributed by atoms with E-state index in [0.717, 1.165) is 24.9 Å². The minimum absolute atomic E-state index is 0.295. The van der Waals surface area contributed by atoms with Crippen LogP contribution >= 0.6 is 11.6 Å². The van der Waals surface area contributed by atoms with Gasteiger partial charge in [0.05, 0.1) is 0 Å². The van der Waals surface area contributed by atoms with Gasteiger partial charge in [0.25, 0.3) is 0 Å². The number of allylic oxidation sites excluding steroid dienone is 4. The molecule has 1 aromatic rings. The van der Waals surface area contributed by atoms with E-state index in [-0.39, 0.29) is 0 Å². The van der Waals surface area contributed by atoms with Gasteiger partial charge in [0, 0.05) is 36.5 Å². The van der Waals surface area contributed by atoms with Crippen LogP contribution in [0.15, 0.2) is 59.4 Å². The van der Waals surface area contributed by atoms with E-state index < -0.39 is 0 Å². The number of carbonyl (C=O) groups excluding carboxylic acids is 1. The number of nitrogens with one attached hydrogen (secondary N) is 2. The number of carbonyl (C=O) groups is 1. The molecule has 1 aliphatic heterocycles. The lowest BCUT2D eigenvalue weighted by atomic mass is 9.82. The number of benzene rings is 1. The molecule has 4 rings (SSSR count). The van der Waals surface area contributed by atoms with Gasteiger partial charge in [-0.15, -0.1) is 0 Å². The quantitative estimate of drug-likeness (QED) is 0.501. The SMILES string of the molecule is O=C(Cc1ccc(CNC2CCCCC2C2=CC=CC=C(Cl)N2)cc1)C1CCCCC1. The Bertz CT molecular complexity index is 833. The average Bonchev–Trinajstić information content (AvgIpc) is 3.03. The van der Waals surface area contributed by atoms with Crippen molar-refractivity contribution >= 4 is 17.4 Å². The van der Waals surface area contributed by atoms with Crippen molar-refractivity contribution in [3.63, 3.8) is 0 Å². The Morgan fingerprint density at radius 1 is 0.903 bits per heavy atom. The van der Waals surface area contributed by atoms with E-state index in [4.69, 9.17) is 11.6 Å². The van der Waals surface area contributed by atoms with Crippen molar-refractivity contribution in [2.45, 2.75) is 76.8 Å². The maximum Gasteiger partial charge on any atom is 0.140 e. The van der Waals surface area contributed by atoms with Gasteiger partial charge in [0.15, 0.2) is 0 Å². The molecule has 3 nitrogen and oxygen atoms in total. The lowest BCUT2D eigenvalue weighted by molar-refractivity contribution is -0.123. The van der Waals surface area contributed by atoms with E-state index in [1.165, 1.54) is 56.2 Å². The molecule has 2 atom stereocenters. The molecule has 0 amide bonds. The van der Waals surface area contributed by atoms with Crippen LogP contribution in [0.25, 0.3) is 0 Å². The molecule has 3 aliphatic rings. The molecular formula is C27H35ClN2O. The first-order valence-corrected chi connectivity index (χ1v) is 12.4. The van der Waals surface area contributed by atoms with Crippen LogP contribution in [0.4, 0.5) is 0 Å². The summed E-state index contributed by atoms with van der Waals surface area (Å²) in [5, 5.41) is 7.86. The predicted octanol–water partition coefficient (Wildman–Crippen LogP) is 6.15. The summed E-state index contributed by atoms with van der Waals surface area (Å²) in [7, 11) is 0. The highest BCUT2D eigenvalue weighted by Gasteiger charge is 2.28. The normalized spacial score (nSPS) is 24.7. The number of hydrogen-bond acceptors (Lipinski definition) is 3. The summed E-state index contributed by atoms with van der Waals surface area (Å²) in [5.74, 6) is 1.18.